The Morgan fingerprint density at radius 1 is 0.466 bits per heavy atom. The predicted octanol–water partition coefficient (Wildman–Crippen LogP) is 11.0. The molecule has 1 aliphatic carbocycles. The van der Waals surface area contributed by atoms with Crippen LogP contribution in [-0.4, -0.2) is 15.8 Å². The lowest BCUT2D eigenvalue weighted by molar-refractivity contribution is 0.747. The van der Waals surface area contributed by atoms with E-state index in [-0.39, 0.29) is 6.71 Å². The van der Waals surface area contributed by atoms with E-state index in [4.69, 9.17) is 0 Å². The van der Waals surface area contributed by atoms with E-state index >= 15 is 0 Å². The van der Waals surface area contributed by atoms with Crippen LogP contribution in [0.3, 0.4) is 0 Å². The zero-order chi connectivity index (χ0) is 38.0. The third-order valence-electron chi connectivity index (χ3n) is 14.4. The first-order chi connectivity index (χ1) is 28.7. The monoisotopic (exact) mass is 736 g/mol. The molecule has 58 heavy (non-hydrogen) atoms. The van der Waals surface area contributed by atoms with Gasteiger partial charge in [0, 0.05) is 44.1 Å². The number of fused-ring (bicyclic) bond motifs is 11. The van der Waals surface area contributed by atoms with Crippen LogP contribution in [0.4, 0.5) is 0 Å². The maximum Gasteiger partial charge on any atom is 0.252 e. The summed E-state index contributed by atoms with van der Waals surface area (Å²) in [7, 11) is 0. The first-order valence-electron chi connectivity index (χ1n) is 21.0. The normalized spacial score (nSPS) is 14.3. The molecular weight excluding hydrogens is 699 g/mol. The van der Waals surface area contributed by atoms with Gasteiger partial charge in [-0.3, -0.25) is 0 Å². The Labute approximate surface area is 337 Å². The van der Waals surface area contributed by atoms with Crippen LogP contribution in [0.25, 0.3) is 77.6 Å². The third kappa shape index (κ3) is 3.44. The summed E-state index contributed by atoms with van der Waals surface area (Å²) >= 11 is 0. The number of benzene rings is 8. The Kier molecular flexibility index (Phi) is 5.80. The second-order valence-corrected chi connectivity index (χ2v) is 16.9. The van der Waals surface area contributed by atoms with Gasteiger partial charge >= 0.3 is 0 Å². The lowest BCUT2D eigenvalue weighted by Crippen LogP contribution is -2.60. The average molecular weight is 737 g/mol. The maximum absolute atomic E-state index is 2.74. The molecule has 5 heterocycles. The highest BCUT2D eigenvalue weighted by molar-refractivity contribution is 7.00. The standard InChI is InChI=1S/C55H37BN2/c1-3-32-28-39-40-29-33(4-2)31-46-53(40)58-51(39)44(30-32)55(41-23-13-11-20-36(41)37-21-12-14-24-42(37)55)43-26-27-47-49(54(43)58)56(46)45-25-15-22-38-48(34-16-7-5-8-17-34)50(57(47)52(38)45)35-18-9-6-10-19-35/h5-31H,3-4H2,1-2H3. The molecule has 0 saturated heterocycles. The molecule has 3 heteroatoms. The molecule has 4 aliphatic rings. The summed E-state index contributed by atoms with van der Waals surface area (Å²) in [5.41, 5.74) is 26.7. The smallest absolute Gasteiger partial charge is 0.252 e. The molecule has 0 unspecified atom stereocenters. The van der Waals surface area contributed by atoms with Crippen LogP contribution in [0.5, 0.6) is 0 Å². The van der Waals surface area contributed by atoms with Crippen molar-refractivity contribution in [1.82, 2.24) is 9.13 Å². The summed E-state index contributed by atoms with van der Waals surface area (Å²) in [6, 6.07) is 63.1. The number of rotatable bonds is 4. The van der Waals surface area contributed by atoms with Crippen molar-refractivity contribution in [1.29, 1.82) is 0 Å². The predicted molar refractivity (Wildman–Crippen MR) is 243 cm³/mol. The van der Waals surface area contributed by atoms with Gasteiger partial charge in [-0.2, -0.15) is 0 Å². The largest absolute Gasteiger partial charge is 0.310 e. The van der Waals surface area contributed by atoms with E-state index in [1.165, 1.54) is 127 Å². The van der Waals surface area contributed by atoms with Crippen molar-refractivity contribution in [2.45, 2.75) is 32.1 Å². The van der Waals surface area contributed by atoms with Gasteiger partial charge in [-0.25, -0.2) is 0 Å². The number of aryl methyl sites for hydroxylation is 2. The number of hydrogen-bond acceptors (Lipinski definition) is 0. The zero-order valence-corrected chi connectivity index (χ0v) is 32.5. The van der Waals surface area contributed by atoms with E-state index in [2.05, 4.69) is 187 Å². The third-order valence-corrected chi connectivity index (χ3v) is 14.4. The molecule has 3 aliphatic heterocycles. The van der Waals surface area contributed by atoms with Gasteiger partial charge in [0.05, 0.1) is 16.6 Å². The highest BCUT2D eigenvalue weighted by Gasteiger charge is 2.54. The van der Waals surface area contributed by atoms with Crippen molar-refractivity contribution in [3.05, 3.63) is 197 Å². The van der Waals surface area contributed by atoms with E-state index < -0.39 is 5.41 Å². The van der Waals surface area contributed by atoms with Crippen molar-refractivity contribution >= 4 is 55.8 Å². The summed E-state index contributed by atoms with van der Waals surface area (Å²) in [6.07, 6.45) is 1.97. The Balaban J connectivity index is 1.25. The molecule has 0 amide bonds. The van der Waals surface area contributed by atoms with E-state index in [0.717, 1.165) is 12.8 Å². The zero-order valence-electron chi connectivity index (χ0n) is 32.5. The molecule has 10 aromatic rings. The fourth-order valence-corrected chi connectivity index (χ4v) is 12.2. The maximum atomic E-state index is 2.74. The van der Waals surface area contributed by atoms with Crippen LogP contribution in [-0.2, 0) is 18.3 Å². The minimum absolute atomic E-state index is 0.0743. The minimum atomic E-state index is -0.471. The Morgan fingerprint density at radius 3 is 1.79 bits per heavy atom. The lowest BCUT2D eigenvalue weighted by Gasteiger charge is -2.44. The van der Waals surface area contributed by atoms with Crippen LogP contribution < -0.4 is 16.4 Å². The van der Waals surface area contributed by atoms with Gasteiger partial charge < -0.3 is 9.13 Å². The van der Waals surface area contributed by atoms with Gasteiger partial charge in [0.1, 0.15) is 0 Å². The molecule has 2 aromatic heterocycles. The van der Waals surface area contributed by atoms with Gasteiger partial charge in [0.2, 0.25) is 0 Å². The van der Waals surface area contributed by atoms with E-state index in [1.807, 2.05) is 0 Å². The minimum Gasteiger partial charge on any atom is -0.310 e. The van der Waals surface area contributed by atoms with Gasteiger partial charge in [0.25, 0.3) is 6.71 Å². The second-order valence-electron chi connectivity index (χ2n) is 16.9. The number of nitrogens with zero attached hydrogens (tertiary/aromatic N) is 2. The molecule has 0 atom stereocenters. The lowest BCUT2D eigenvalue weighted by atomic mass is 9.33. The van der Waals surface area contributed by atoms with Crippen molar-refractivity contribution in [2.24, 2.45) is 0 Å². The van der Waals surface area contributed by atoms with Gasteiger partial charge in [-0.05, 0) is 103 Å². The van der Waals surface area contributed by atoms with Crippen molar-refractivity contribution in [2.75, 3.05) is 0 Å². The molecule has 1 spiro atoms. The topological polar surface area (TPSA) is 9.86 Å². The Morgan fingerprint density at radius 2 is 1.09 bits per heavy atom. The molecule has 0 saturated carbocycles. The molecule has 270 valence electrons. The van der Waals surface area contributed by atoms with Crippen LogP contribution in [0.1, 0.15) is 47.2 Å². The summed E-state index contributed by atoms with van der Waals surface area (Å²) in [4.78, 5) is 0. The van der Waals surface area contributed by atoms with Gasteiger partial charge in [-0.15, -0.1) is 0 Å². The Bertz CT molecular complexity index is 3430. The quantitative estimate of drug-likeness (QED) is 0.159. The van der Waals surface area contributed by atoms with Gasteiger partial charge in [0.15, 0.2) is 0 Å². The van der Waals surface area contributed by atoms with E-state index in [0.29, 0.717) is 0 Å². The number of hydrogen-bond donors (Lipinski definition) is 0. The first kappa shape index (κ1) is 31.3. The van der Waals surface area contributed by atoms with Crippen molar-refractivity contribution in [3.63, 3.8) is 0 Å². The molecule has 2 nitrogen and oxygen atoms in total. The van der Waals surface area contributed by atoms with Crippen LogP contribution in [0.2, 0.25) is 0 Å². The molecule has 14 rings (SSSR count). The molecule has 0 bridgehead atoms. The SMILES string of the molecule is CCc1cc2c3c(c1)c1cc(CC)cc4c1n3-c1c(ccc3c1B2c1cccc2c(-c5ccccc5)c(-c5ccccc5)n-3c12)C41c2ccccc2-c2ccccc21. The average Bonchev–Trinajstić information content (AvgIpc) is 3.92. The molecular formula is C55H37BN2. The fourth-order valence-electron chi connectivity index (χ4n) is 12.2. The fraction of sp³-hybridized carbons (Fsp3) is 0.0909. The number of para-hydroxylation sites is 1. The number of aromatic nitrogens is 2. The van der Waals surface area contributed by atoms with E-state index in [9.17, 15) is 0 Å². The summed E-state index contributed by atoms with van der Waals surface area (Å²) in [6.45, 7) is 4.71. The first-order valence-corrected chi connectivity index (χ1v) is 21.0. The van der Waals surface area contributed by atoms with E-state index in [1.54, 1.807) is 0 Å². The Hall–Kier alpha value is -6.84. The highest BCUT2D eigenvalue weighted by Crippen LogP contribution is 2.62. The highest BCUT2D eigenvalue weighted by atomic mass is 15.1. The van der Waals surface area contributed by atoms with Gasteiger partial charge in [-0.1, -0.05) is 159 Å². The van der Waals surface area contributed by atoms with Crippen LogP contribution in [0.15, 0.2) is 164 Å². The second kappa shape index (κ2) is 10.8. The van der Waals surface area contributed by atoms with Crippen LogP contribution in [0, 0.1) is 0 Å². The summed E-state index contributed by atoms with van der Waals surface area (Å²) in [5, 5.41) is 4.09. The summed E-state index contributed by atoms with van der Waals surface area (Å²) < 4.78 is 5.39. The molecule has 8 aromatic carbocycles. The molecule has 0 radical (unpaired) electrons. The molecule has 0 N–H and O–H groups in total. The molecule has 0 fully saturated rings. The van der Waals surface area contributed by atoms with Crippen molar-refractivity contribution in [3.8, 4) is 44.9 Å². The van der Waals surface area contributed by atoms with Crippen molar-refractivity contribution < 1.29 is 0 Å². The summed E-state index contributed by atoms with van der Waals surface area (Å²) in [5.74, 6) is 0. The van der Waals surface area contributed by atoms with Crippen LogP contribution >= 0.6 is 0 Å².